The lowest BCUT2D eigenvalue weighted by Gasteiger charge is -2.45. The molecule has 3 aromatic rings. The molecule has 0 bridgehead atoms. The smallest absolute Gasteiger partial charge is 0.351 e. The number of carbonyl (C=O) groups is 1. The summed E-state index contributed by atoms with van der Waals surface area (Å²) < 4.78 is 42.2. The average Bonchev–Trinajstić information content (AvgIpc) is 2.87. The molecule has 0 saturated carbocycles. The summed E-state index contributed by atoms with van der Waals surface area (Å²) in [4.78, 5) is 14.3. The minimum absolute atomic E-state index is 0.0734. The van der Waals surface area contributed by atoms with Gasteiger partial charge in [-0.3, -0.25) is 9.69 Å². The van der Waals surface area contributed by atoms with Crippen molar-refractivity contribution in [3.63, 3.8) is 0 Å². The minimum Gasteiger partial charge on any atom is -0.351 e. The third-order valence-corrected chi connectivity index (χ3v) is 7.18. The zero-order valence-electron chi connectivity index (χ0n) is 19.3. The quantitative estimate of drug-likeness (QED) is 0.414. The number of alkyl halides is 3. The van der Waals surface area contributed by atoms with E-state index < -0.39 is 17.6 Å². The van der Waals surface area contributed by atoms with Crippen molar-refractivity contribution in [2.24, 2.45) is 0 Å². The van der Waals surface area contributed by atoms with Crippen LogP contribution in [0.15, 0.2) is 84.9 Å². The normalized spacial score (nSPS) is 17.0. The summed E-state index contributed by atoms with van der Waals surface area (Å²) in [5.74, 6) is -0.225. The third kappa shape index (κ3) is 6.24. The van der Waals surface area contributed by atoms with Crippen LogP contribution in [0.2, 0.25) is 5.02 Å². The number of nitrogens with one attached hydrogen (secondary N) is 1. The second-order valence-corrected chi connectivity index (χ2v) is 9.56. The molecule has 7 heteroatoms. The van der Waals surface area contributed by atoms with Gasteiger partial charge in [0.05, 0.1) is 0 Å². The molecule has 1 aliphatic rings. The van der Waals surface area contributed by atoms with E-state index in [0.717, 1.165) is 5.56 Å². The Morgan fingerprint density at radius 1 is 0.914 bits per heavy atom. The molecule has 184 valence electrons. The summed E-state index contributed by atoms with van der Waals surface area (Å²) in [5, 5.41) is 3.56. The van der Waals surface area contributed by atoms with Gasteiger partial charge >= 0.3 is 6.18 Å². The molecule has 3 aromatic carbocycles. The summed E-state index contributed by atoms with van der Waals surface area (Å²) in [6.45, 7) is 0.938. The van der Waals surface area contributed by atoms with Crippen LogP contribution < -0.4 is 5.32 Å². The molecular weight excluding hydrogens is 473 g/mol. The molecule has 0 aromatic heterocycles. The first-order valence-electron chi connectivity index (χ1n) is 11.7. The molecule has 0 radical (unpaired) electrons. The highest BCUT2D eigenvalue weighted by atomic mass is 35.5. The van der Waals surface area contributed by atoms with Crippen molar-refractivity contribution in [3.8, 4) is 0 Å². The maximum atomic E-state index is 14.1. The minimum atomic E-state index is -4.33. The number of hydrogen-bond acceptors (Lipinski definition) is 2. The van der Waals surface area contributed by atoms with Crippen LogP contribution in [0.5, 0.6) is 0 Å². The predicted molar refractivity (Wildman–Crippen MR) is 133 cm³/mol. The van der Waals surface area contributed by atoms with E-state index in [1.54, 1.807) is 59.5 Å². The molecule has 1 fully saturated rings. The van der Waals surface area contributed by atoms with Gasteiger partial charge in [0.2, 0.25) is 0 Å². The van der Waals surface area contributed by atoms with Crippen LogP contribution in [-0.2, 0) is 11.8 Å². The van der Waals surface area contributed by atoms with Crippen LogP contribution in [0.4, 0.5) is 13.2 Å². The zero-order chi connectivity index (χ0) is 24.9. The summed E-state index contributed by atoms with van der Waals surface area (Å²) in [6, 6.07) is 23.7. The lowest BCUT2D eigenvalue weighted by molar-refractivity contribution is -0.187. The molecule has 1 N–H and O–H groups in total. The van der Waals surface area contributed by atoms with Crippen LogP contribution in [-0.4, -0.2) is 42.7 Å². The highest BCUT2D eigenvalue weighted by Crippen LogP contribution is 2.38. The molecule has 0 aliphatic carbocycles. The summed E-state index contributed by atoms with van der Waals surface area (Å²) in [7, 11) is 0. The lowest BCUT2D eigenvalue weighted by atomic mass is 9.72. The van der Waals surface area contributed by atoms with Crippen LogP contribution >= 0.6 is 11.6 Å². The van der Waals surface area contributed by atoms with E-state index in [1.165, 1.54) is 0 Å². The van der Waals surface area contributed by atoms with Gasteiger partial charge in [-0.1, -0.05) is 72.3 Å². The number of likely N-dealkylation sites (tertiary alicyclic amines) is 1. The number of hydrogen-bond donors (Lipinski definition) is 1. The average molecular weight is 501 g/mol. The van der Waals surface area contributed by atoms with Crippen LogP contribution in [0, 0.1) is 0 Å². The lowest BCUT2D eigenvalue weighted by Crippen LogP contribution is -2.55. The van der Waals surface area contributed by atoms with Gasteiger partial charge in [0.1, 0.15) is 6.04 Å². The number of rotatable bonds is 7. The molecule has 1 heterocycles. The van der Waals surface area contributed by atoms with Crippen LogP contribution in [0.25, 0.3) is 0 Å². The Balaban J connectivity index is 1.50. The summed E-state index contributed by atoms with van der Waals surface area (Å²) in [6.07, 6.45) is -3.38. The largest absolute Gasteiger partial charge is 0.404 e. The van der Waals surface area contributed by atoms with Gasteiger partial charge in [0, 0.05) is 22.5 Å². The Labute approximate surface area is 208 Å². The molecule has 1 unspecified atom stereocenters. The summed E-state index contributed by atoms with van der Waals surface area (Å²) in [5.41, 5.74) is 1.76. The Hall–Kier alpha value is -2.83. The van der Waals surface area contributed by atoms with E-state index in [-0.39, 0.29) is 12.3 Å². The molecule has 35 heavy (non-hydrogen) atoms. The van der Waals surface area contributed by atoms with Gasteiger partial charge in [-0.25, -0.2) is 0 Å². The van der Waals surface area contributed by atoms with E-state index in [2.05, 4.69) is 5.32 Å². The van der Waals surface area contributed by atoms with Crippen molar-refractivity contribution in [1.82, 2.24) is 10.2 Å². The van der Waals surface area contributed by atoms with Crippen LogP contribution in [0.3, 0.4) is 0 Å². The molecular formula is C28H28ClF3N2O. The number of halogens is 4. The molecule has 4 rings (SSSR count). The van der Waals surface area contributed by atoms with Crippen LogP contribution in [0.1, 0.15) is 34.3 Å². The fourth-order valence-electron chi connectivity index (χ4n) is 4.86. The second-order valence-electron chi connectivity index (χ2n) is 9.12. The molecule has 1 saturated heterocycles. The maximum Gasteiger partial charge on any atom is 0.404 e. The third-order valence-electron chi connectivity index (χ3n) is 6.93. The van der Waals surface area contributed by atoms with E-state index in [1.807, 2.05) is 30.3 Å². The number of piperidine rings is 1. The van der Waals surface area contributed by atoms with Crippen molar-refractivity contribution in [2.75, 3.05) is 19.6 Å². The molecule has 1 atom stereocenters. The van der Waals surface area contributed by atoms with E-state index in [0.29, 0.717) is 48.6 Å². The number of carbonyl (C=O) groups excluding carboxylic acids is 1. The predicted octanol–water partition coefficient (Wildman–Crippen LogP) is 6.28. The Morgan fingerprint density at radius 3 is 2.06 bits per heavy atom. The molecule has 1 amide bonds. The SMILES string of the molecule is O=C(NCC1(c2ccccc2)CCN(C(Cc2ccccc2)C(F)(F)F)CC1)c1ccc(Cl)cc1. The molecule has 0 spiro atoms. The fraction of sp³-hybridized carbons (Fsp3) is 0.321. The Bertz CT molecular complexity index is 1100. The monoisotopic (exact) mass is 500 g/mol. The highest BCUT2D eigenvalue weighted by Gasteiger charge is 2.46. The van der Waals surface area contributed by atoms with Gasteiger partial charge in [0.25, 0.3) is 5.91 Å². The number of benzene rings is 3. The number of nitrogens with zero attached hydrogens (tertiary/aromatic N) is 1. The first-order chi connectivity index (χ1) is 16.8. The Kier molecular flexibility index (Phi) is 7.82. The van der Waals surface area contributed by atoms with Crippen molar-refractivity contribution in [1.29, 1.82) is 0 Å². The summed E-state index contributed by atoms with van der Waals surface area (Å²) >= 11 is 5.92. The van der Waals surface area contributed by atoms with E-state index in [4.69, 9.17) is 11.6 Å². The Morgan fingerprint density at radius 2 is 1.49 bits per heavy atom. The standard InChI is InChI=1S/C28H28ClF3N2O/c29-24-13-11-22(12-14-24)26(35)33-20-27(23-9-5-2-6-10-23)15-17-34(18-16-27)25(28(30,31)32)19-21-7-3-1-4-8-21/h1-14,25H,15-20H2,(H,33,35). The van der Waals surface area contributed by atoms with Crippen molar-refractivity contribution < 1.29 is 18.0 Å². The zero-order valence-corrected chi connectivity index (χ0v) is 20.0. The topological polar surface area (TPSA) is 32.3 Å². The van der Waals surface area contributed by atoms with E-state index >= 15 is 0 Å². The molecule has 1 aliphatic heterocycles. The second kappa shape index (κ2) is 10.8. The van der Waals surface area contributed by atoms with Gasteiger partial charge in [-0.05, 0) is 67.7 Å². The fourth-order valence-corrected chi connectivity index (χ4v) is 4.99. The van der Waals surface area contributed by atoms with Crippen molar-refractivity contribution in [3.05, 3.63) is 107 Å². The van der Waals surface area contributed by atoms with Gasteiger partial charge < -0.3 is 5.32 Å². The first-order valence-corrected chi connectivity index (χ1v) is 12.1. The number of amides is 1. The molecule has 3 nitrogen and oxygen atoms in total. The van der Waals surface area contributed by atoms with Gasteiger partial charge in [-0.2, -0.15) is 13.2 Å². The maximum absolute atomic E-state index is 14.1. The first kappa shape index (κ1) is 25.3. The van der Waals surface area contributed by atoms with Gasteiger partial charge in [-0.15, -0.1) is 0 Å². The van der Waals surface area contributed by atoms with Crippen molar-refractivity contribution >= 4 is 17.5 Å². The van der Waals surface area contributed by atoms with Crippen molar-refractivity contribution in [2.45, 2.75) is 36.9 Å². The van der Waals surface area contributed by atoms with E-state index in [9.17, 15) is 18.0 Å². The van der Waals surface area contributed by atoms with Gasteiger partial charge in [0.15, 0.2) is 0 Å². The highest BCUT2D eigenvalue weighted by molar-refractivity contribution is 6.30.